The van der Waals surface area contributed by atoms with Crippen LogP contribution < -0.4 is 0 Å². The van der Waals surface area contributed by atoms with Crippen LogP contribution in [0.25, 0.3) is 0 Å². The summed E-state index contributed by atoms with van der Waals surface area (Å²) in [6.07, 6.45) is 0. The number of aliphatic hydroxyl groups is 1. The van der Waals surface area contributed by atoms with Crippen molar-refractivity contribution in [2.45, 2.75) is 4.90 Å². The average Bonchev–Trinajstić information content (AvgIpc) is 2.18. The molecule has 0 aromatic heterocycles. The van der Waals surface area contributed by atoms with Crippen LogP contribution in [0.4, 0.5) is 0 Å². The van der Waals surface area contributed by atoms with Crippen LogP contribution >= 0.6 is 22.6 Å². The molecule has 0 atom stereocenters. The Morgan fingerprint density at radius 2 is 1.87 bits per heavy atom. The molecular weight excluding hydrogens is 329 g/mol. The molecule has 1 aromatic rings. The summed E-state index contributed by atoms with van der Waals surface area (Å²) < 4.78 is 25.8. The molecule has 0 unspecified atom stereocenters. The first kappa shape index (κ1) is 12.9. The number of sulfonamides is 1. The highest BCUT2D eigenvalue weighted by Crippen LogP contribution is 2.15. The molecule has 0 heterocycles. The highest BCUT2D eigenvalue weighted by atomic mass is 127. The quantitative estimate of drug-likeness (QED) is 0.828. The molecular formula is C9H12INO3S. The van der Waals surface area contributed by atoms with E-state index >= 15 is 0 Å². The minimum atomic E-state index is -3.45. The van der Waals surface area contributed by atoms with E-state index in [-0.39, 0.29) is 18.0 Å². The molecule has 0 radical (unpaired) electrons. The van der Waals surface area contributed by atoms with Crippen LogP contribution in [0.1, 0.15) is 0 Å². The number of hydrogen-bond donors (Lipinski definition) is 1. The van der Waals surface area contributed by atoms with Crippen LogP contribution in [0.5, 0.6) is 0 Å². The van der Waals surface area contributed by atoms with Crippen molar-refractivity contribution < 1.29 is 13.5 Å². The van der Waals surface area contributed by atoms with E-state index in [1.165, 1.54) is 7.05 Å². The second-order valence-corrected chi connectivity index (χ2v) is 6.29. The van der Waals surface area contributed by atoms with Crippen LogP contribution in [-0.2, 0) is 10.0 Å². The van der Waals surface area contributed by atoms with Crippen molar-refractivity contribution in [3.8, 4) is 0 Å². The molecule has 0 aliphatic carbocycles. The van der Waals surface area contributed by atoms with Gasteiger partial charge in [0.1, 0.15) is 0 Å². The Bertz CT molecular complexity index is 415. The molecule has 15 heavy (non-hydrogen) atoms. The van der Waals surface area contributed by atoms with Crippen molar-refractivity contribution >= 4 is 32.6 Å². The molecule has 1 N–H and O–H groups in total. The van der Waals surface area contributed by atoms with Crippen LogP contribution in [0, 0.1) is 3.57 Å². The lowest BCUT2D eigenvalue weighted by Gasteiger charge is -2.15. The minimum absolute atomic E-state index is 0.105. The van der Waals surface area contributed by atoms with Gasteiger partial charge in [0.15, 0.2) is 0 Å². The van der Waals surface area contributed by atoms with E-state index in [2.05, 4.69) is 22.6 Å². The summed E-state index contributed by atoms with van der Waals surface area (Å²) in [7, 11) is -2.00. The third-order valence-corrected chi connectivity index (χ3v) is 4.53. The maximum atomic E-state index is 11.8. The fourth-order valence-electron chi connectivity index (χ4n) is 1.05. The molecule has 0 fully saturated rings. The lowest BCUT2D eigenvalue weighted by Crippen LogP contribution is -2.29. The van der Waals surface area contributed by atoms with Crippen LogP contribution in [0.15, 0.2) is 29.2 Å². The largest absolute Gasteiger partial charge is 0.395 e. The van der Waals surface area contributed by atoms with Crippen molar-refractivity contribution in [3.05, 3.63) is 27.8 Å². The van der Waals surface area contributed by atoms with E-state index in [4.69, 9.17) is 5.11 Å². The molecule has 0 bridgehead atoms. The molecule has 0 aliphatic heterocycles. The van der Waals surface area contributed by atoms with Gasteiger partial charge in [0.25, 0.3) is 0 Å². The first-order chi connectivity index (χ1) is 6.98. The zero-order valence-corrected chi connectivity index (χ0v) is 11.2. The van der Waals surface area contributed by atoms with E-state index in [0.717, 1.165) is 7.88 Å². The third kappa shape index (κ3) is 3.13. The maximum absolute atomic E-state index is 11.8. The Labute approximate surface area is 103 Å². The Kier molecular flexibility index (Phi) is 4.50. The Morgan fingerprint density at radius 3 is 2.33 bits per heavy atom. The van der Waals surface area contributed by atoms with Gasteiger partial charge >= 0.3 is 0 Å². The van der Waals surface area contributed by atoms with Gasteiger partial charge in [-0.2, -0.15) is 4.31 Å². The summed E-state index contributed by atoms with van der Waals surface area (Å²) in [5.74, 6) is 0. The molecule has 0 spiro atoms. The standard InChI is InChI=1S/C9H12INO3S/c1-11(6-7-12)15(13,14)9-4-2-8(10)3-5-9/h2-5,12H,6-7H2,1H3. The van der Waals surface area contributed by atoms with Crippen molar-refractivity contribution in [2.24, 2.45) is 0 Å². The summed E-state index contributed by atoms with van der Waals surface area (Å²) in [6, 6.07) is 6.59. The first-order valence-corrected chi connectivity index (χ1v) is 6.83. The van der Waals surface area contributed by atoms with Crippen molar-refractivity contribution in [1.29, 1.82) is 0 Å². The minimum Gasteiger partial charge on any atom is -0.395 e. The lowest BCUT2D eigenvalue weighted by atomic mass is 10.4. The normalized spacial score (nSPS) is 12.0. The van der Waals surface area contributed by atoms with Crippen LogP contribution in [-0.4, -0.2) is 38.0 Å². The number of aliphatic hydroxyl groups excluding tert-OH is 1. The van der Waals surface area contributed by atoms with Crippen LogP contribution in [0.2, 0.25) is 0 Å². The summed E-state index contributed by atoms with van der Waals surface area (Å²) in [6.45, 7) is -0.0750. The topological polar surface area (TPSA) is 57.6 Å². The molecule has 0 amide bonds. The summed E-state index contributed by atoms with van der Waals surface area (Å²) in [4.78, 5) is 0.249. The third-order valence-electron chi connectivity index (χ3n) is 1.94. The van der Waals surface area contributed by atoms with Gasteiger partial charge < -0.3 is 5.11 Å². The molecule has 0 aliphatic rings. The smallest absolute Gasteiger partial charge is 0.242 e. The van der Waals surface area contributed by atoms with Gasteiger partial charge in [-0.15, -0.1) is 0 Å². The summed E-state index contributed by atoms with van der Waals surface area (Å²) in [5.41, 5.74) is 0. The second-order valence-electron chi connectivity index (χ2n) is 3.00. The highest BCUT2D eigenvalue weighted by Gasteiger charge is 2.19. The number of hydrogen-bond acceptors (Lipinski definition) is 3. The molecule has 6 heteroatoms. The number of rotatable bonds is 4. The summed E-state index contributed by atoms with van der Waals surface area (Å²) >= 11 is 2.11. The maximum Gasteiger partial charge on any atom is 0.242 e. The predicted octanol–water partition coefficient (Wildman–Crippen LogP) is 0.904. The molecule has 1 rings (SSSR count). The zero-order valence-electron chi connectivity index (χ0n) is 8.22. The number of halogens is 1. The number of benzene rings is 1. The predicted molar refractivity (Wildman–Crippen MR) is 66.1 cm³/mol. The number of nitrogens with zero attached hydrogens (tertiary/aromatic N) is 1. The Balaban J connectivity index is 3.01. The Morgan fingerprint density at radius 1 is 1.33 bits per heavy atom. The monoisotopic (exact) mass is 341 g/mol. The van der Waals surface area contributed by atoms with E-state index in [0.29, 0.717) is 0 Å². The van der Waals surface area contributed by atoms with Gasteiger partial charge in [0.2, 0.25) is 10.0 Å². The molecule has 4 nitrogen and oxygen atoms in total. The van der Waals surface area contributed by atoms with E-state index < -0.39 is 10.0 Å². The zero-order chi connectivity index (χ0) is 11.5. The average molecular weight is 341 g/mol. The second kappa shape index (κ2) is 5.24. The SMILES string of the molecule is CN(CCO)S(=O)(=O)c1ccc(I)cc1. The van der Waals surface area contributed by atoms with E-state index in [9.17, 15) is 8.42 Å². The van der Waals surface area contributed by atoms with Gasteiger partial charge in [0.05, 0.1) is 11.5 Å². The lowest BCUT2D eigenvalue weighted by molar-refractivity contribution is 0.266. The van der Waals surface area contributed by atoms with Gasteiger partial charge in [-0.3, -0.25) is 0 Å². The van der Waals surface area contributed by atoms with E-state index in [1.54, 1.807) is 24.3 Å². The molecule has 0 saturated heterocycles. The fraction of sp³-hybridized carbons (Fsp3) is 0.333. The van der Waals surface area contributed by atoms with E-state index in [1.807, 2.05) is 0 Å². The highest BCUT2D eigenvalue weighted by molar-refractivity contribution is 14.1. The van der Waals surface area contributed by atoms with Gasteiger partial charge in [-0.1, -0.05) is 0 Å². The van der Waals surface area contributed by atoms with Crippen molar-refractivity contribution in [2.75, 3.05) is 20.2 Å². The van der Waals surface area contributed by atoms with Crippen LogP contribution in [0.3, 0.4) is 0 Å². The number of likely N-dealkylation sites (N-methyl/N-ethyl adjacent to an activating group) is 1. The summed E-state index contributed by atoms with van der Waals surface area (Å²) in [5, 5.41) is 8.68. The molecule has 84 valence electrons. The van der Waals surface area contributed by atoms with Crippen molar-refractivity contribution in [1.82, 2.24) is 4.31 Å². The molecule has 0 saturated carbocycles. The van der Waals surface area contributed by atoms with Gasteiger partial charge in [-0.05, 0) is 46.9 Å². The molecule has 1 aromatic carbocycles. The Hall–Kier alpha value is -0.180. The van der Waals surface area contributed by atoms with Gasteiger partial charge in [-0.25, -0.2) is 8.42 Å². The van der Waals surface area contributed by atoms with Gasteiger partial charge in [0, 0.05) is 17.2 Å². The van der Waals surface area contributed by atoms with Crippen molar-refractivity contribution in [3.63, 3.8) is 0 Å². The first-order valence-electron chi connectivity index (χ1n) is 4.31. The fourth-order valence-corrected chi connectivity index (χ4v) is 2.57.